The predicted octanol–water partition coefficient (Wildman–Crippen LogP) is 5.13. The fourth-order valence-electron chi connectivity index (χ4n) is 4.48. The predicted molar refractivity (Wildman–Crippen MR) is 68.9 cm³/mol. The van der Waals surface area contributed by atoms with Crippen LogP contribution in [0.25, 0.3) is 0 Å². The van der Waals surface area contributed by atoms with Crippen molar-refractivity contribution in [2.24, 2.45) is 28.6 Å². The Kier molecular flexibility index (Phi) is 3.58. The Balaban J connectivity index is 3.03. The summed E-state index contributed by atoms with van der Waals surface area (Å²) in [5.74, 6) is 2.62. The Morgan fingerprint density at radius 3 is 2.00 bits per heavy atom. The molecule has 0 nitrogen and oxygen atoms in total. The van der Waals surface area contributed by atoms with Crippen molar-refractivity contribution < 1.29 is 0 Å². The van der Waals surface area contributed by atoms with Crippen molar-refractivity contribution in [3.05, 3.63) is 0 Å². The van der Waals surface area contributed by atoms with Crippen LogP contribution in [0.1, 0.15) is 67.7 Å². The molecule has 1 rings (SSSR count). The van der Waals surface area contributed by atoms with Gasteiger partial charge in [0, 0.05) is 0 Å². The molecule has 0 heterocycles. The summed E-state index contributed by atoms with van der Waals surface area (Å²) < 4.78 is 0. The third kappa shape index (κ3) is 1.97. The molecule has 0 radical (unpaired) electrons. The van der Waals surface area contributed by atoms with Crippen LogP contribution in [0.15, 0.2) is 0 Å². The molecule has 0 heteroatoms. The zero-order valence-electron chi connectivity index (χ0n) is 11.9. The highest BCUT2D eigenvalue weighted by Gasteiger charge is 2.54. The maximum absolute atomic E-state index is 2.50. The maximum atomic E-state index is 2.50. The van der Waals surface area contributed by atoms with E-state index >= 15 is 0 Å². The van der Waals surface area contributed by atoms with Gasteiger partial charge in [-0.15, -0.1) is 0 Å². The lowest BCUT2D eigenvalue weighted by Gasteiger charge is -2.46. The monoisotopic (exact) mass is 210 g/mol. The second kappa shape index (κ2) is 4.11. The number of hydrogen-bond donors (Lipinski definition) is 0. The van der Waals surface area contributed by atoms with Crippen molar-refractivity contribution in [3.63, 3.8) is 0 Å². The summed E-state index contributed by atoms with van der Waals surface area (Å²) in [6, 6.07) is 0. The van der Waals surface area contributed by atoms with E-state index in [0.29, 0.717) is 10.8 Å². The summed E-state index contributed by atoms with van der Waals surface area (Å²) in [5.41, 5.74) is 1.12. The molecule has 0 spiro atoms. The van der Waals surface area contributed by atoms with Gasteiger partial charge in [-0.2, -0.15) is 0 Å². The highest BCUT2D eigenvalue weighted by atomic mass is 14.6. The van der Waals surface area contributed by atoms with Crippen LogP contribution in [-0.4, -0.2) is 0 Å². The fourth-order valence-corrected chi connectivity index (χ4v) is 4.48. The van der Waals surface area contributed by atoms with Crippen molar-refractivity contribution in [1.29, 1.82) is 0 Å². The van der Waals surface area contributed by atoms with Gasteiger partial charge in [-0.25, -0.2) is 0 Å². The Morgan fingerprint density at radius 2 is 1.73 bits per heavy atom. The van der Waals surface area contributed by atoms with Gasteiger partial charge in [0.2, 0.25) is 0 Å². The van der Waals surface area contributed by atoms with Crippen LogP contribution in [-0.2, 0) is 0 Å². The highest BCUT2D eigenvalue weighted by molar-refractivity contribution is 5.03. The van der Waals surface area contributed by atoms with Crippen LogP contribution in [0.2, 0.25) is 0 Å². The standard InChI is InChI=1S/C15H30/c1-8-15(9-11(2)3)13(5)12(4)10-14(15,6)7/h11-13H,8-10H2,1-7H3. The Hall–Kier alpha value is 0. The van der Waals surface area contributed by atoms with Gasteiger partial charge in [-0.05, 0) is 47.8 Å². The van der Waals surface area contributed by atoms with E-state index in [1.54, 1.807) is 0 Å². The molecule has 0 aliphatic heterocycles. The molecule has 3 atom stereocenters. The summed E-state index contributed by atoms with van der Waals surface area (Å²) in [5, 5.41) is 0. The normalized spacial score (nSPS) is 40.0. The van der Waals surface area contributed by atoms with E-state index in [0.717, 1.165) is 17.8 Å². The lowest BCUT2D eigenvalue weighted by molar-refractivity contribution is 0.0348. The van der Waals surface area contributed by atoms with E-state index in [-0.39, 0.29) is 0 Å². The van der Waals surface area contributed by atoms with Crippen LogP contribution in [0.4, 0.5) is 0 Å². The van der Waals surface area contributed by atoms with E-state index in [4.69, 9.17) is 0 Å². The number of hydrogen-bond acceptors (Lipinski definition) is 0. The average Bonchev–Trinajstić information content (AvgIpc) is 2.25. The van der Waals surface area contributed by atoms with E-state index in [1.165, 1.54) is 19.3 Å². The van der Waals surface area contributed by atoms with Crippen molar-refractivity contribution in [2.45, 2.75) is 67.7 Å². The van der Waals surface area contributed by atoms with Crippen LogP contribution < -0.4 is 0 Å². The lowest BCUT2D eigenvalue weighted by Crippen LogP contribution is -2.38. The van der Waals surface area contributed by atoms with Crippen LogP contribution in [0.5, 0.6) is 0 Å². The summed E-state index contributed by atoms with van der Waals surface area (Å²) in [7, 11) is 0. The van der Waals surface area contributed by atoms with Crippen molar-refractivity contribution in [3.8, 4) is 0 Å². The fraction of sp³-hybridized carbons (Fsp3) is 1.00. The minimum absolute atomic E-state index is 0.533. The SMILES string of the molecule is CCC1(CC(C)C)C(C)C(C)CC1(C)C. The van der Waals surface area contributed by atoms with Gasteiger partial charge in [-0.3, -0.25) is 0 Å². The first-order valence-electron chi connectivity index (χ1n) is 6.77. The minimum atomic E-state index is 0.533. The first-order valence-corrected chi connectivity index (χ1v) is 6.77. The largest absolute Gasteiger partial charge is 0.0648 e. The molecule has 1 saturated carbocycles. The maximum Gasteiger partial charge on any atom is -0.0218 e. The first-order chi connectivity index (χ1) is 6.77. The van der Waals surface area contributed by atoms with Gasteiger partial charge in [0.05, 0.1) is 0 Å². The van der Waals surface area contributed by atoms with Crippen molar-refractivity contribution in [1.82, 2.24) is 0 Å². The summed E-state index contributed by atoms with van der Waals surface area (Å²) in [4.78, 5) is 0. The van der Waals surface area contributed by atoms with Gasteiger partial charge in [0.25, 0.3) is 0 Å². The Bertz CT molecular complexity index is 214. The quantitative estimate of drug-likeness (QED) is 0.605. The van der Waals surface area contributed by atoms with Gasteiger partial charge in [-0.1, -0.05) is 48.5 Å². The molecule has 0 aromatic rings. The molecule has 1 aliphatic carbocycles. The molecule has 0 aromatic carbocycles. The molecule has 0 saturated heterocycles. The first kappa shape index (κ1) is 13.1. The van der Waals surface area contributed by atoms with Crippen LogP contribution in [0, 0.1) is 28.6 Å². The second-order valence-corrected chi connectivity index (χ2v) is 6.96. The second-order valence-electron chi connectivity index (χ2n) is 6.96. The van der Waals surface area contributed by atoms with Crippen LogP contribution >= 0.6 is 0 Å². The molecular weight excluding hydrogens is 180 g/mol. The van der Waals surface area contributed by atoms with Gasteiger partial charge in [0.15, 0.2) is 0 Å². The molecule has 3 unspecified atom stereocenters. The molecule has 0 aromatic heterocycles. The molecular formula is C15H30. The zero-order chi connectivity index (χ0) is 11.9. The molecule has 90 valence electrons. The van der Waals surface area contributed by atoms with E-state index in [1.807, 2.05) is 0 Å². The molecule has 1 fully saturated rings. The molecule has 15 heavy (non-hydrogen) atoms. The minimum Gasteiger partial charge on any atom is -0.0648 e. The highest BCUT2D eigenvalue weighted by Crippen LogP contribution is 2.62. The van der Waals surface area contributed by atoms with E-state index in [9.17, 15) is 0 Å². The van der Waals surface area contributed by atoms with E-state index < -0.39 is 0 Å². The summed E-state index contributed by atoms with van der Waals surface area (Å²) in [6.45, 7) is 17.1. The van der Waals surface area contributed by atoms with Gasteiger partial charge in [0.1, 0.15) is 0 Å². The topological polar surface area (TPSA) is 0 Å². The average molecular weight is 210 g/mol. The summed E-state index contributed by atoms with van der Waals surface area (Å²) in [6.07, 6.45) is 4.17. The third-order valence-electron chi connectivity index (χ3n) is 5.31. The molecule has 0 N–H and O–H groups in total. The van der Waals surface area contributed by atoms with Crippen molar-refractivity contribution in [2.75, 3.05) is 0 Å². The molecule has 0 bridgehead atoms. The van der Waals surface area contributed by atoms with Gasteiger partial charge < -0.3 is 0 Å². The van der Waals surface area contributed by atoms with Crippen LogP contribution in [0.3, 0.4) is 0 Å². The molecule has 0 amide bonds. The Labute approximate surface area is 96.8 Å². The lowest BCUT2D eigenvalue weighted by atomic mass is 9.59. The van der Waals surface area contributed by atoms with Crippen molar-refractivity contribution >= 4 is 0 Å². The molecule has 1 aliphatic rings. The van der Waals surface area contributed by atoms with Gasteiger partial charge >= 0.3 is 0 Å². The third-order valence-corrected chi connectivity index (χ3v) is 5.31. The number of rotatable bonds is 3. The van der Waals surface area contributed by atoms with E-state index in [2.05, 4.69) is 48.5 Å². The Morgan fingerprint density at radius 1 is 1.20 bits per heavy atom. The smallest absolute Gasteiger partial charge is 0.0218 e. The zero-order valence-corrected chi connectivity index (χ0v) is 11.9. The summed E-state index contributed by atoms with van der Waals surface area (Å²) >= 11 is 0.